The van der Waals surface area contributed by atoms with E-state index in [0.717, 1.165) is 24.1 Å². The summed E-state index contributed by atoms with van der Waals surface area (Å²) in [4.78, 5) is 17.8. The number of nitrogens with one attached hydrogen (secondary N) is 2. The van der Waals surface area contributed by atoms with E-state index in [4.69, 9.17) is 14.2 Å². The summed E-state index contributed by atoms with van der Waals surface area (Å²) in [7, 11) is 4.70. The predicted octanol–water partition coefficient (Wildman–Crippen LogP) is 4.94. The number of methoxy groups -OCH3 is 3. The number of anilines is 4. The van der Waals surface area contributed by atoms with E-state index >= 15 is 0 Å². The molecular formula is C26H26N6O3. The van der Waals surface area contributed by atoms with Gasteiger partial charge in [0.1, 0.15) is 12.1 Å². The number of ether oxygens (including phenoxy) is 3. The Bertz CT molecular complexity index is 1340. The second kappa shape index (κ2) is 9.84. The van der Waals surface area contributed by atoms with Crippen LogP contribution in [0.25, 0.3) is 11.4 Å². The first kappa shape index (κ1) is 22.4. The molecule has 2 N–H and O–H groups in total. The Balaban J connectivity index is 1.43. The van der Waals surface area contributed by atoms with Crippen molar-refractivity contribution < 1.29 is 14.2 Å². The first-order valence-corrected chi connectivity index (χ1v) is 11.3. The lowest BCUT2D eigenvalue weighted by molar-refractivity contribution is 0.324. The summed E-state index contributed by atoms with van der Waals surface area (Å²) in [5.41, 5.74) is 5.26. The van der Waals surface area contributed by atoms with Gasteiger partial charge in [-0.2, -0.15) is 4.98 Å². The molecule has 9 nitrogen and oxygen atoms in total. The average molecular weight is 471 g/mol. The van der Waals surface area contributed by atoms with E-state index in [2.05, 4.69) is 48.8 Å². The maximum Gasteiger partial charge on any atom is 0.230 e. The fourth-order valence-electron chi connectivity index (χ4n) is 4.24. The number of hydrogen-bond donors (Lipinski definition) is 2. The molecule has 0 spiro atoms. The highest BCUT2D eigenvalue weighted by molar-refractivity contribution is 5.75. The van der Waals surface area contributed by atoms with Crippen molar-refractivity contribution in [2.45, 2.75) is 19.3 Å². The summed E-state index contributed by atoms with van der Waals surface area (Å²) in [6, 6.07) is 13.8. The average Bonchev–Trinajstić information content (AvgIpc) is 3.36. The van der Waals surface area contributed by atoms with Crippen LogP contribution >= 0.6 is 0 Å². The zero-order chi connectivity index (χ0) is 24.2. The van der Waals surface area contributed by atoms with Crippen molar-refractivity contribution >= 4 is 23.1 Å². The first-order chi connectivity index (χ1) is 17.2. The molecule has 1 aliphatic carbocycles. The van der Waals surface area contributed by atoms with Gasteiger partial charge in [-0.05, 0) is 54.7 Å². The van der Waals surface area contributed by atoms with E-state index in [1.54, 1.807) is 39.7 Å². The molecule has 4 aromatic rings. The lowest BCUT2D eigenvalue weighted by Crippen LogP contribution is -2.03. The fraction of sp³-hybridized carbons (Fsp3) is 0.231. The molecule has 0 amide bonds. The lowest BCUT2D eigenvalue weighted by atomic mass is 10.1. The number of nitrogens with zero attached hydrogens (tertiary/aromatic N) is 4. The smallest absolute Gasteiger partial charge is 0.230 e. The van der Waals surface area contributed by atoms with Gasteiger partial charge >= 0.3 is 0 Å². The zero-order valence-electron chi connectivity index (χ0n) is 19.8. The minimum atomic E-state index is 0.372. The maximum absolute atomic E-state index is 5.44. The molecule has 0 radical (unpaired) electrons. The standard InChI is InChI=1S/C26H26N6O3/c1-33-21-13-19(14-22(34-2)23(21)35-3)31-26-29-15-28-25(32-26)20-8-5-11-27-24(20)30-18-10-9-16-6-4-7-17(16)12-18/h5,8-15H,4,6-7H2,1-3H3,(H,27,30)(H,28,29,31,32). The van der Waals surface area contributed by atoms with Crippen LogP contribution in [0.2, 0.25) is 0 Å². The van der Waals surface area contributed by atoms with Crippen LogP contribution < -0.4 is 24.8 Å². The monoisotopic (exact) mass is 470 g/mol. The van der Waals surface area contributed by atoms with Crippen molar-refractivity contribution in [2.24, 2.45) is 0 Å². The van der Waals surface area contributed by atoms with Gasteiger partial charge in [-0.3, -0.25) is 0 Å². The molecule has 0 fully saturated rings. The number of rotatable bonds is 8. The predicted molar refractivity (Wildman–Crippen MR) is 134 cm³/mol. The highest BCUT2D eigenvalue weighted by Gasteiger charge is 2.16. The number of aryl methyl sites for hydroxylation is 2. The van der Waals surface area contributed by atoms with Crippen molar-refractivity contribution in [3.05, 3.63) is 66.1 Å². The van der Waals surface area contributed by atoms with E-state index in [1.165, 1.54) is 23.9 Å². The van der Waals surface area contributed by atoms with Crippen LogP contribution in [0.3, 0.4) is 0 Å². The van der Waals surface area contributed by atoms with Crippen molar-refractivity contribution in [1.29, 1.82) is 0 Å². The van der Waals surface area contributed by atoms with Gasteiger partial charge < -0.3 is 24.8 Å². The summed E-state index contributed by atoms with van der Waals surface area (Å²) in [5, 5.41) is 6.63. The number of benzene rings is 2. The lowest BCUT2D eigenvalue weighted by Gasteiger charge is -2.15. The number of fused-ring (bicyclic) bond motifs is 1. The molecule has 2 aromatic carbocycles. The molecule has 2 aromatic heterocycles. The quantitative estimate of drug-likeness (QED) is 0.371. The summed E-state index contributed by atoms with van der Waals surface area (Å²) < 4.78 is 16.3. The molecule has 0 unspecified atom stereocenters. The Kier molecular flexibility index (Phi) is 6.30. The van der Waals surface area contributed by atoms with E-state index in [-0.39, 0.29) is 0 Å². The van der Waals surface area contributed by atoms with Crippen molar-refractivity contribution in [2.75, 3.05) is 32.0 Å². The molecule has 2 heterocycles. The largest absolute Gasteiger partial charge is 0.493 e. The fourth-order valence-corrected chi connectivity index (χ4v) is 4.24. The summed E-state index contributed by atoms with van der Waals surface area (Å²) in [6.45, 7) is 0. The van der Waals surface area contributed by atoms with Crippen molar-refractivity contribution in [3.63, 3.8) is 0 Å². The van der Waals surface area contributed by atoms with Crippen LogP contribution in [0, 0.1) is 0 Å². The van der Waals surface area contributed by atoms with Gasteiger partial charge in [0.15, 0.2) is 17.3 Å². The minimum Gasteiger partial charge on any atom is -0.493 e. The highest BCUT2D eigenvalue weighted by Crippen LogP contribution is 2.40. The molecule has 0 atom stereocenters. The van der Waals surface area contributed by atoms with Gasteiger partial charge in [-0.15, -0.1) is 0 Å². The first-order valence-electron chi connectivity index (χ1n) is 11.3. The van der Waals surface area contributed by atoms with Gasteiger partial charge in [-0.25, -0.2) is 15.0 Å². The molecule has 1 aliphatic rings. The Labute approximate surface area is 203 Å². The Morgan fingerprint density at radius 3 is 2.34 bits per heavy atom. The van der Waals surface area contributed by atoms with Gasteiger partial charge in [0, 0.05) is 29.7 Å². The van der Waals surface area contributed by atoms with E-state index < -0.39 is 0 Å². The van der Waals surface area contributed by atoms with E-state index in [1.807, 2.05) is 12.1 Å². The van der Waals surface area contributed by atoms with E-state index in [0.29, 0.717) is 40.5 Å². The second-order valence-corrected chi connectivity index (χ2v) is 8.03. The third-order valence-electron chi connectivity index (χ3n) is 5.90. The number of pyridine rings is 1. The van der Waals surface area contributed by atoms with E-state index in [9.17, 15) is 0 Å². The number of aromatic nitrogens is 4. The molecule has 178 valence electrons. The van der Waals surface area contributed by atoms with Crippen molar-refractivity contribution in [1.82, 2.24) is 19.9 Å². The molecule has 0 bridgehead atoms. The van der Waals surface area contributed by atoms with Crippen molar-refractivity contribution in [3.8, 4) is 28.6 Å². The molecule has 5 rings (SSSR count). The number of hydrogen-bond acceptors (Lipinski definition) is 9. The SMILES string of the molecule is COc1cc(Nc2ncnc(-c3cccnc3Nc3ccc4c(c3)CCC4)n2)cc(OC)c1OC. The Morgan fingerprint density at radius 2 is 1.57 bits per heavy atom. The van der Waals surface area contributed by atoms with Crippen LogP contribution in [0.1, 0.15) is 17.5 Å². The van der Waals surface area contributed by atoms with Crippen LogP contribution in [0.15, 0.2) is 55.0 Å². The second-order valence-electron chi connectivity index (χ2n) is 8.03. The topological polar surface area (TPSA) is 103 Å². The van der Waals surface area contributed by atoms with Crippen LogP contribution in [0.5, 0.6) is 17.2 Å². The molecule has 0 saturated carbocycles. The summed E-state index contributed by atoms with van der Waals surface area (Å²) in [6.07, 6.45) is 6.69. The Hall–Kier alpha value is -4.40. The van der Waals surface area contributed by atoms with Gasteiger partial charge in [0.05, 0.1) is 26.9 Å². The third-order valence-corrected chi connectivity index (χ3v) is 5.90. The molecule has 35 heavy (non-hydrogen) atoms. The van der Waals surface area contributed by atoms with Crippen LogP contribution in [-0.2, 0) is 12.8 Å². The van der Waals surface area contributed by atoms with Gasteiger partial charge in [0.2, 0.25) is 11.7 Å². The normalized spacial score (nSPS) is 12.1. The highest BCUT2D eigenvalue weighted by atomic mass is 16.5. The molecule has 0 aliphatic heterocycles. The molecular weight excluding hydrogens is 444 g/mol. The van der Waals surface area contributed by atoms with Gasteiger partial charge in [-0.1, -0.05) is 6.07 Å². The third kappa shape index (κ3) is 4.65. The Morgan fingerprint density at radius 1 is 0.771 bits per heavy atom. The zero-order valence-corrected chi connectivity index (χ0v) is 19.8. The van der Waals surface area contributed by atoms with Crippen LogP contribution in [0.4, 0.5) is 23.1 Å². The summed E-state index contributed by atoms with van der Waals surface area (Å²) >= 11 is 0. The molecule has 9 heteroatoms. The van der Waals surface area contributed by atoms with Gasteiger partial charge in [0.25, 0.3) is 0 Å². The molecule has 0 saturated heterocycles. The van der Waals surface area contributed by atoms with Crippen LogP contribution in [-0.4, -0.2) is 41.3 Å². The minimum absolute atomic E-state index is 0.372. The summed E-state index contributed by atoms with van der Waals surface area (Å²) in [5.74, 6) is 3.10. The maximum atomic E-state index is 5.44.